The fraction of sp³-hybridized carbons (Fsp3) is 0.147. The second-order valence-corrected chi connectivity index (χ2v) is 15.0. The average Bonchev–Trinajstić information content (AvgIpc) is 3.19. The zero-order valence-corrected chi connectivity index (χ0v) is 25.6. The highest BCUT2D eigenvalue weighted by Crippen LogP contribution is 2.49. The van der Waals surface area contributed by atoms with Crippen LogP contribution in [0.5, 0.6) is 0 Å². The molecule has 0 saturated heterocycles. The molecule has 0 amide bonds. The van der Waals surface area contributed by atoms with Gasteiger partial charge in [-0.2, -0.15) is 0 Å². The fourth-order valence-electron chi connectivity index (χ4n) is 5.03. The molecule has 0 aliphatic carbocycles. The van der Waals surface area contributed by atoms with Gasteiger partial charge in [0.15, 0.2) is 5.82 Å². The summed E-state index contributed by atoms with van der Waals surface area (Å²) < 4.78 is 40.8. The van der Waals surface area contributed by atoms with Crippen molar-refractivity contribution in [3.05, 3.63) is 144 Å². The lowest BCUT2D eigenvalue weighted by molar-refractivity contribution is -0.135. The Morgan fingerprint density at radius 2 is 1.24 bits per heavy atom. The smallest absolute Gasteiger partial charge is 0.341 e. The Bertz CT molecular complexity index is 1700. The van der Waals surface area contributed by atoms with Crippen molar-refractivity contribution in [1.29, 1.82) is 0 Å². The first-order valence-corrected chi connectivity index (χ1v) is 16.8. The van der Waals surface area contributed by atoms with Crippen LogP contribution in [0.2, 0.25) is 0 Å². The zero-order chi connectivity index (χ0) is 29.7. The number of hydrogen-bond acceptors (Lipinski definition) is 5. The zero-order valence-electron chi connectivity index (χ0n) is 23.8. The first kappa shape index (κ1) is 29.3. The molecule has 4 aromatic carbocycles. The first-order valence-electron chi connectivity index (χ1n) is 13.7. The molecule has 0 aromatic heterocycles. The first-order chi connectivity index (χ1) is 20.3. The minimum Gasteiger partial charge on any atom is -0.465 e. The van der Waals surface area contributed by atoms with Crippen LogP contribution in [-0.4, -0.2) is 32.3 Å². The Morgan fingerprint density at radius 1 is 0.762 bits per heavy atom. The average molecular weight is 597 g/mol. The highest BCUT2D eigenvalue weighted by atomic mass is 32.2. The summed E-state index contributed by atoms with van der Waals surface area (Å²) in [5, 5.41) is 2.78. The van der Waals surface area contributed by atoms with Gasteiger partial charge in [-0.3, -0.25) is 0 Å². The third-order valence-corrected chi connectivity index (χ3v) is 12.7. The molecule has 0 atom stereocenters. The van der Waals surface area contributed by atoms with Gasteiger partial charge < -0.3 is 4.74 Å². The van der Waals surface area contributed by atoms with Crippen molar-refractivity contribution in [3.63, 3.8) is 0 Å². The Labute approximate surface area is 248 Å². The number of ether oxygens (including phenoxy) is 1. The molecule has 214 valence electrons. The van der Waals surface area contributed by atoms with Gasteiger partial charge in [0.25, 0.3) is 10.0 Å². The van der Waals surface area contributed by atoms with E-state index in [1.165, 1.54) is 11.4 Å². The molecule has 1 heterocycles. The third-order valence-electron chi connectivity index (χ3n) is 7.23. The summed E-state index contributed by atoms with van der Waals surface area (Å²) in [6, 6.07) is 36.4. The predicted molar refractivity (Wildman–Crippen MR) is 170 cm³/mol. The van der Waals surface area contributed by atoms with Crippen LogP contribution in [0.25, 0.3) is 0 Å². The maximum atomic E-state index is 14.4. The van der Waals surface area contributed by atoms with Crippen molar-refractivity contribution in [2.45, 2.75) is 25.2 Å². The van der Waals surface area contributed by atoms with E-state index in [1.54, 1.807) is 30.3 Å². The number of carbonyl (C=O) groups excluding carboxylic acids is 1. The van der Waals surface area contributed by atoms with E-state index in [9.17, 15) is 13.2 Å². The molecular weight excluding hydrogens is 563 g/mol. The van der Waals surface area contributed by atoms with Gasteiger partial charge in [-0.25, -0.2) is 22.3 Å². The highest BCUT2D eigenvalue weighted by molar-refractivity contribution is 7.89. The van der Waals surface area contributed by atoms with Gasteiger partial charge in [0, 0.05) is 22.5 Å². The number of sulfonamides is 1. The molecule has 0 unspecified atom stereocenters. The number of benzene rings is 4. The molecule has 8 heteroatoms. The molecule has 5 rings (SSSR count). The van der Waals surface area contributed by atoms with Crippen LogP contribution in [0.1, 0.15) is 18.9 Å². The number of nitrogens with zero attached hydrogens (tertiary/aromatic N) is 2. The number of hydrogen-bond donors (Lipinski definition) is 0. The topological polar surface area (TPSA) is 76.0 Å². The van der Waals surface area contributed by atoms with Crippen LogP contribution < -0.4 is 15.9 Å². The minimum absolute atomic E-state index is 0.0733. The van der Waals surface area contributed by atoms with E-state index in [1.807, 2.05) is 105 Å². The summed E-state index contributed by atoms with van der Waals surface area (Å²) in [5.74, 6) is -0.574. The quantitative estimate of drug-likeness (QED) is 0.197. The van der Waals surface area contributed by atoms with Gasteiger partial charge in [0.2, 0.25) is 0 Å². The van der Waals surface area contributed by atoms with Gasteiger partial charge in [-0.15, -0.1) is 0 Å². The third kappa shape index (κ3) is 5.63. The molecule has 0 saturated carbocycles. The molecular formula is C34H33N2O4PS. The monoisotopic (exact) mass is 596 g/mol. The van der Waals surface area contributed by atoms with Crippen molar-refractivity contribution in [1.82, 2.24) is 4.31 Å². The molecule has 0 spiro atoms. The minimum atomic E-state index is -4.11. The van der Waals surface area contributed by atoms with E-state index >= 15 is 0 Å². The molecule has 0 bridgehead atoms. The van der Waals surface area contributed by atoms with E-state index < -0.39 is 23.0 Å². The van der Waals surface area contributed by atoms with Gasteiger partial charge in [-0.1, -0.05) is 114 Å². The molecule has 42 heavy (non-hydrogen) atoms. The van der Waals surface area contributed by atoms with Crippen LogP contribution in [-0.2, 0) is 19.6 Å². The second-order valence-electron chi connectivity index (χ2n) is 10.1. The Morgan fingerprint density at radius 3 is 1.69 bits per heavy atom. The lowest BCUT2D eigenvalue weighted by atomic mass is 10.1. The van der Waals surface area contributed by atoms with Crippen LogP contribution in [0.3, 0.4) is 0 Å². The van der Waals surface area contributed by atoms with Crippen molar-refractivity contribution in [3.8, 4) is 0 Å². The predicted octanol–water partition coefficient (Wildman–Crippen LogP) is 5.90. The lowest BCUT2D eigenvalue weighted by Crippen LogP contribution is -2.33. The van der Waals surface area contributed by atoms with E-state index in [4.69, 9.17) is 9.48 Å². The maximum Gasteiger partial charge on any atom is 0.341 e. The summed E-state index contributed by atoms with van der Waals surface area (Å²) >= 11 is 0. The number of rotatable bonds is 7. The highest BCUT2D eigenvalue weighted by Gasteiger charge is 2.36. The molecule has 1 aliphatic heterocycles. The maximum absolute atomic E-state index is 14.4. The molecule has 0 N–H and O–H groups in total. The van der Waals surface area contributed by atoms with Gasteiger partial charge in [-0.05, 0) is 38.5 Å². The van der Waals surface area contributed by atoms with Crippen LogP contribution in [0.4, 0.5) is 0 Å². The van der Waals surface area contributed by atoms with E-state index in [2.05, 4.69) is 0 Å². The summed E-state index contributed by atoms with van der Waals surface area (Å²) in [6.45, 7) is 3.91. The number of aryl methyl sites for hydroxylation is 1. The number of carbonyl (C=O) groups is 1. The van der Waals surface area contributed by atoms with Crippen molar-refractivity contribution in [2.24, 2.45) is 4.74 Å². The van der Waals surface area contributed by atoms with Gasteiger partial charge in [0.1, 0.15) is 5.57 Å². The molecule has 1 aliphatic rings. The number of methoxy groups -OCH3 is 1. The van der Waals surface area contributed by atoms with Gasteiger partial charge >= 0.3 is 5.97 Å². The van der Waals surface area contributed by atoms with Crippen LogP contribution in [0.15, 0.2) is 148 Å². The molecule has 0 radical (unpaired) electrons. The SMILES string of the molecule is COC(=O)C1=C(N=P(c2ccccc2)(c2ccccc2)c2ccccc2)N(S(=O)(=O)c2ccc(C)cc2)CCC(C)=C1. The standard InChI is InChI=1S/C34H33N2O4PS/c1-26-19-21-31(22-20-26)42(38,39)36-24-23-27(2)25-32(34(37)40-3)33(36)35-41(28-13-7-4-8-14-28,29-15-9-5-10-16-29)30-17-11-6-12-18-30/h4-22,25H,23-24H2,1-3H3. The van der Waals surface area contributed by atoms with Crippen molar-refractivity contribution >= 4 is 39.0 Å². The second kappa shape index (κ2) is 12.4. The molecule has 6 nitrogen and oxygen atoms in total. The fourth-order valence-corrected chi connectivity index (χ4v) is 10.1. The van der Waals surface area contributed by atoms with E-state index in [0.717, 1.165) is 27.1 Å². The van der Waals surface area contributed by atoms with Crippen molar-refractivity contribution < 1.29 is 17.9 Å². The Kier molecular flexibility index (Phi) is 8.62. The Balaban J connectivity index is 1.96. The lowest BCUT2D eigenvalue weighted by Gasteiger charge is -2.31. The number of esters is 1. The summed E-state index contributed by atoms with van der Waals surface area (Å²) in [7, 11) is -5.74. The summed E-state index contributed by atoms with van der Waals surface area (Å²) in [4.78, 5) is 13.6. The van der Waals surface area contributed by atoms with Crippen LogP contribution in [0, 0.1) is 6.92 Å². The van der Waals surface area contributed by atoms with E-state index in [-0.39, 0.29) is 22.8 Å². The van der Waals surface area contributed by atoms with E-state index in [0.29, 0.717) is 6.42 Å². The van der Waals surface area contributed by atoms with Gasteiger partial charge in [0.05, 0.1) is 19.1 Å². The summed E-state index contributed by atoms with van der Waals surface area (Å²) in [6.07, 6.45) is 2.14. The summed E-state index contributed by atoms with van der Waals surface area (Å²) in [5.41, 5.74) is 1.91. The largest absolute Gasteiger partial charge is 0.465 e. The molecule has 4 aromatic rings. The van der Waals surface area contributed by atoms with Crippen molar-refractivity contribution in [2.75, 3.05) is 13.7 Å². The normalized spacial score (nSPS) is 14.2. The Hall–Kier alpha value is -4.19. The van der Waals surface area contributed by atoms with Crippen LogP contribution >= 0.6 is 7.05 Å². The molecule has 0 fully saturated rings.